The molecule has 0 unspecified atom stereocenters. The van der Waals surface area contributed by atoms with Crippen LogP contribution in [0.15, 0.2) is 22.3 Å². The highest BCUT2D eigenvalue weighted by Crippen LogP contribution is 2.50. The number of aliphatic hydroxyl groups excluding tert-OH is 1. The van der Waals surface area contributed by atoms with Gasteiger partial charge in [0.25, 0.3) is 0 Å². The monoisotopic (exact) mass is 278 g/mol. The number of hydrogen-bond acceptors (Lipinski definition) is 5. The van der Waals surface area contributed by atoms with Crippen LogP contribution in [0.4, 0.5) is 0 Å². The number of ether oxygens (including phenoxy) is 2. The van der Waals surface area contributed by atoms with Crippen molar-refractivity contribution in [2.24, 2.45) is 5.92 Å². The third kappa shape index (κ3) is 1.59. The van der Waals surface area contributed by atoms with Gasteiger partial charge in [0.1, 0.15) is 0 Å². The van der Waals surface area contributed by atoms with Crippen LogP contribution >= 0.6 is 0 Å². The summed E-state index contributed by atoms with van der Waals surface area (Å²) >= 11 is 0. The standard InChI is InChI=1S/C15H18O5/c1-7-5-4-6-9-10(7)15(3,20-13(9)17)11-8(2)12(16)19-14(11)18/h7,14,18H,4-6H2,1-3H3/t7-,14+,15-/m0/s1. The molecule has 0 aromatic rings. The van der Waals surface area contributed by atoms with Crippen LogP contribution in [0.1, 0.15) is 40.0 Å². The zero-order valence-electron chi connectivity index (χ0n) is 11.9. The maximum absolute atomic E-state index is 12.1. The van der Waals surface area contributed by atoms with Crippen molar-refractivity contribution in [2.75, 3.05) is 0 Å². The minimum atomic E-state index is -1.33. The molecule has 0 amide bonds. The minimum Gasteiger partial charge on any atom is -0.447 e. The van der Waals surface area contributed by atoms with E-state index in [1.807, 2.05) is 0 Å². The van der Waals surface area contributed by atoms with Gasteiger partial charge in [-0.15, -0.1) is 0 Å². The van der Waals surface area contributed by atoms with Gasteiger partial charge in [-0.2, -0.15) is 0 Å². The number of carbonyl (C=O) groups is 2. The molecule has 0 aromatic heterocycles. The molecule has 0 radical (unpaired) electrons. The van der Waals surface area contributed by atoms with Gasteiger partial charge in [0.05, 0.1) is 5.57 Å². The highest BCUT2D eigenvalue weighted by Gasteiger charge is 2.54. The lowest BCUT2D eigenvalue weighted by Crippen LogP contribution is -2.38. The van der Waals surface area contributed by atoms with E-state index in [1.54, 1.807) is 13.8 Å². The fourth-order valence-corrected chi connectivity index (χ4v) is 3.77. The topological polar surface area (TPSA) is 72.8 Å². The zero-order chi connectivity index (χ0) is 14.7. The Morgan fingerprint density at radius 3 is 2.55 bits per heavy atom. The number of cyclic esters (lactones) is 2. The van der Waals surface area contributed by atoms with E-state index in [4.69, 9.17) is 9.47 Å². The maximum atomic E-state index is 12.1. The Bertz CT molecular complexity index is 571. The second kappa shape index (κ2) is 4.19. The van der Waals surface area contributed by atoms with Gasteiger partial charge in [-0.3, -0.25) is 0 Å². The van der Waals surface area contributed by atoms with Crippen LogP contribution in [-0.2, 0) is 19.1 Å². The Morgan fingerprint density at radius 1 is 1.25 bits per heavy atom. The normalized spacial score (nSPS) is 37.2. The van der Waals surface area contributed by atoms with Gasteiger partial charge in [0.2, 0.25) is 6.29 Å². The van der Waals surface area contributed by atoms with Crippen LogP contribution in [0.2, 0.25) is 0 Å². The summed E-state index contributed by atoms with van der Waals surface area (Å²) in [5, 5.41) is 10.0. The van der Waals surface area contributed by atoms with Gasteiger partial charge in [-0.05, 0) is 44.6 Å². The lowest BCUT2D eigenvalue weighted by Gasteiger charge is -2.33. The second-order valence-corrected chi connectivity index (χ2v) is 5.90. The first-order valence-corrected chi connectivity index (χ1v) is 6.93. The van der Waals surface area contributed by atoms with Crippen LogP contribution < -0.4 is 0 Å². The fraction of sp³-hybridized carbons (Fsp3) is 0.600. The molecule has 0 spiro atoms. The number of hydrogen-bond donors (Lipinski definition) is 1. The summed E-state index contributed by atoms with van der Waals surface area (Å²) in [5.41, 5.74) is 1.26. The average molecular weight is 278 g/mol. The van der Waals surface area contributed by atoms with E-state index in [9.17, 15) is 14.7 Å². The molecule has 3 aliphatic rings. The molecule has 1 N–H and O–H groups in total. The number of rotatable bonds is 1. The molecule has 0 fully saturated rings. The molecule has 0 saturated heterocycles. The first-order chi connectivity index (χ1) is 9.36. The van der Waals surface area contributed by atoms with Gasteiger partial charge in [-0.25, -0.2) is 9.59 Å². The van der Waals surface area contributed by atoms with Crippen LogP contribution in [0.25, 0.3) is 0 Å². The quantitative estimate of drug-likeness (QED) is 0.738. The summed E-state index contributed by atoms with van der Waals surface area (Å²) in [6.45, 7) is 5.40. The highest BCUT2D eigenvalue weighted by atomic mass is 16.6. The first-order valence-electron chi connectivity index (χ1n) is 6.93. The van der Waals surface area contributed by atoms with Crippen molar-refractivity contribution < 1.29 is 24.2 Å². The van der Waals surface area contributed by atoms with E-state index < -0.39 is 17.9 Å². The molecule has 2 aliphatic heterocycles. The van der Waals surface area contributed by atoms with Gasteiger partial charge < -0.3 is 14.6 Å². The van der Waals surface area contributed by atoms with Crippen molar-refractivity contribution in [2.45, 2.75) is 51.9 Å². The largest absolute Gasteiger partial charge is 0.447 e. The predicted molar refractivity (Wildman–Crippen MR) is 69.3 cm³/mol. The Labute approximate surface area is 117 Å². The lowest BCUT2D eigenvalue weighted by atomic mass is 9.73. The van der Waals surface area contributed by atoms with Crippen LogP contribution in [0.3, 0.4) is 0 Å². The summed E-state index contributed by atoms with van der Waals surface area (Å²) < 4.78 is 10.4. The van der Waals surface area contributed by atoms with E-state index in [2.05, 4.69) is 6.92 Å². The van der Waals surface area contributed by atoms with Crippen molar-refractivity contribution >= 4 is 11.9 Å². The summed E-state index contributed by atoms with van der Waals surface area (Å²) in [5.74, 6) is -0.693. The predicted octanol–water partition coefficient (Wildman–Crippen LogP) is 1.61. The van der Waals surface area contributed by atoms with Gasteiger partial charge in [-0.1, -0.05) is 6.92 Å². The molecule has 108 valence electrons. The molecular weight excluding hydrogens is 260 g/mol. The van der Waals surface area contributed by atoms with E-state index >= 15 is 0 Å². The average Bonchev–Trinajstić information content (AvgIpc) is 2.77. The molecule has 3 atom stereocenters. The maximum Gasteiger partial charge on any atom is 0.336 e. The number of aliphatic hydroxyl groups is 1. The SMILES string of the molecule is CC1=C([C@@]2(C)OC(=O)C3=C2[C@@H](C)CCC3)[C@H](O)OC1=O. The Hall–Kier alpha value is -1.62. The van der Waals surface area contributed by atoms with Crippen molar-refractivity contribution in [3.8, 4) is 0 Å². The molecule has 0 saturated carbocycles. The molecule has 5 heteroatoms. The zero-order valence-corrected chi connectivity index (χ0v) is 11.9. The lowest BCUT2D eigenvalue weighted by molar-refractivity contribution is -0.155. The van der Waals surface area contributed by atoms with E-state index in [0.717, 1.165) is 18.4 Å². The van der Waals surface area contributed by atoms with Gasteiger partial charge >= 0.3 is 11.9 Å². The fourth-order valence-electron chi connectivity index (χ4n) is 3.77. The smallest absolute Gasteiger partial charge is 0.336 e. The van der Waals surface area contributed by atoms with Gasteiger partial charge in [0, 0.05) is 11.1 Å². The number of carbonyl (C=O) groups excluding carboxylic acids is 2. The summed E-state index contributed by atoms with van der Waals surface area (Å²) in [4.78, 5) is 23.7. The molecule has 0 aromatic carbocycles. The van der Waals surface area contributed by atoms with E-state index in [0.29, 0.717) is 23.1 Å². The van der Waals surface area contributed by atoms with Crippen molar-refractivity contribution in [1.82, 2.24) is 0 Å². The molecule has 2 heterocycles. The van der Waals surface area contributed by atoms with Crippen molar-refractivity contribution in [1.29, 1.82) is 0 Å². The highest BCUT2D eigenvalue weighted by molar-refractivity contribution is 5.96. The molecular formula is C15H18O5. The van der Waals surface area contributed by atoms with Crippen molar-refractivity contribution in [3.05, 3.63) is 22.3 Å². The van der Waals surface area contributed by atoms with Crippen LogP contribution in [-0.4, -0.2) is 28.9 Å². The molecule has 5 nitrogen and oxygen atoms in total. The van der Waals surface area contributed by atoms with Crippen LogP contribution in [0.5, 0.6) is 0 Å². The molecule has 0 bridgehead atoms. The Balaban J connectivity index is 2.16. The van der Waals surface area contributed by atoms with E-state index in [1.165, 1.54) is 0 Å². The summed E-state index contributed by atoms with van der Waals surface area (Å²) in [6.07, 6.45) is 1.30. The third-order valence-corrected chi connectivity index (χ3v) is 4.63. The summed E-state index contributed by atoms with van der Waals surface area (Å²) in [6, 6.07) is 0. The molecule has 1 aliphatic carbocycles. The van der Waals surface area contributed by atoms with E-state index in [-0.39, 0.29) is 11.9 Å². The Kier molecular flexibility index (Phi) is 2.80. The second-order valence-electron chi connectivity index (χ2n) is 5.90. The summed E-state index contributed by atoms with van der Waals surface area (Å²) in [7, 11) is 0. The number of esters is 2. The Morgan fingerprint density at radius 2 is 1.95 bits per heavy atom. The molecule has 20 heavy (non-hydrogen) atoms. The third-order valence-electron chi connectivity index (χ3n) is 4.63. The first kappa shape index (κ1) is 13.4. The van der Waals surface area contributed by atoms with Crippen molar-refractivity contribution in [3.63, 3.8) is 0 Å². The molecule has 3 rings (SSSR count). The minimum absolute atomic E-state index is 0.193. The van der Waals surface area contributed by atoms with Gasteiger partial charge in [0.15, 0.2) is 5.60 Å². The van der Waals surface area contributed by atoms with Crippen LogP contribution in [0, 0.1) is 5.92 Å².